The van der Waals surface area contributed by atoms with Gasteiger partial charge in [0.15, 0.2) is 5.82 Å². The fourth-order valence-corrected chi connectivity index (χ4v) is 1.81. The summed E-state index contributed by atoms with van der Waals surface area (Å²) in [5, 5.41) is 18.5. The molecule has 2 aromatic rings. The number of aliphatic hydroxyl groups excluding tert-OH is 1. The molecule has 6 nitrogen and oxygen atoms in total. The largest absolute Gasteiger partial charge is 0.392 e. The molecule has 1 aromatic heterocycles. The lowest BCUT2D eigenvalue weighted by atomic mass is 10.1. The number of carbonyl (C=O) groups excluding carboxylic acids is 1. The van der Waals surface area contributed by atoms with Gasteiger partial charge in [0.2, 0.25) is 0 Å². The average molecular weight is 274 g/mol. The van der Waals surface area contributed by atoms with E-state index in [1.807, 2.05) is 37.4 Å². The number of aryl methyl sites for hydroxylation is 1. The van der Waals surface area contributed by atoms with Gasteiger partial charge in [-0.1, -0.05) is 30.3 Å². The molecule has 20 heavy (non-hydrogen) atoms. The average Bonchev–Trinajstić information content (AvgIpc) is 2.78. The third-order valence-electron chi connectivity index (χ3n) is 2.75. The Hall–Kier alpha value is -2.34. The molecule has 0 aliphatic carbocycles. The van der Waals surface area contributed by atoms with Crippen LogP contribution >= 0.6 is 0 Å². The van der Waals surface area contributed by atoms with Crippen LogP contribution < -0.4 is 10.6 Å². The molecular weight excluding hydrogens is 256 g/mol. The van der Waals surface area contributed by atoms with E-state index in [1.165, 1.54) is 0 Å². The Labute approximate surface area is 117 Å². The fourth-order valence-electron chi connectivity index (χ4n) is 1.81. The molecule has 0 bridgehead atoms. The van der Waals surface area contributed by atoms with E-state index in [0.717, 1.165) is 11.3 Å². The summed E-state index contributed by atoms with van der Waals surface area (Å²) in [5.41, 5.74) is 1.94. The van der Waals surface area contributed by atoms with Crippen molar-refractivity contribution in [2.45, 2.75) is 13.0 Å². The Morgan fingerprint density at radius 3 is 2.75 bits per heavy atom. The minimum Gasteiger partial charge on any atom is -0.392 e. The Morgan fingerprint density at radius 1 is 1.40 bits per heavy atom. The van der Waals surface area contributed by atoms with E-state index in [2.05, 4.69) is 15.7 Å². The number of amides is 2. The molecule has 2 amide bonds. The second-order valence-electron chi connectivity index (χ2n) is 4.59. The monoisotopic (exact) mass is 274 g/mol. The Balaban J connectivity index is 2.06. The standard InChI is InChI=1S/C14H18N4O2/c1-10(19)9-15-14(20)16-13-8-12(18(2)17-13)11-6-4-3-5-7-11/h3-8,10,19H,9H2,1-2H3,(H2,15,16,17,20). The lowest BCUT2D eigenvalue weighted by Gasteiger charge is -2.06. The predicted molar refractivity (Wildman–Crippen MR) is 77.3 cm³/mol. The van der Waals surface area contributed by atoms with Gasteiger partial charge in [-0.05, 0) is 12.5 Å². The van der Waals surface area contributed by atoms with Crippen molar-refractivity contribution in [3.8, 4) is 11.3 Å². The number of nitrogens with one attached hydrogen (secondary N) is 2. The van der Waals surface area contributed by atoms with Crippen LogP contribution in [0, 0.1) is 0 Å². The molecule has 1 unspecified atom stereocenters. The van der Waals surface area contributed by atoms with E-state index in [0.29, 0.717) is 5.82 Å². The highest BCUT2D eigenvalue weighted by molar-refractivity contribution is 5.88. The first-order valence-corrected chi connectivity index (χ1v) is 6.38. The molecule has 0 aliphatic heterocycles. The number of rotatable bonds is 4. The topological polar surface area (TPSA) is 79.2 Å². The van der Waals surface area contributed by atoms with Crippen molar-refractivity contribution < 1.29 is 9.90 Å². The van der Waals surface area contributed by atoms with E-state index in [4.69, 9.17) is 5.11 Å². The van der Waals surface area contributed by atoms with Gasteiger partial charge in [0.05, 0.1) is 11.8 Å². The molecule has 0 saturated carbocycles. The van der Waals surface area contributed by atoms with Gasteiger partial charge in [0.25, 0.3) is 0 Å². The van der Waals surface area contributed by atoms with Crippen LogP contribution in [0.2, 0.25) is 0 Å². The number of aromatic nitrogens is 2. The zero-order chi connectivity index (χ0) is 14.5. The predicted octanol–water partition coefficient (Wildman–Crippen LogP) is 1.59. The lowest BCUT2D eigenvalue weighted by Crippen LogP contribution is -2.34. The molecule has 1 atom stereocenters. The highest BCUT2D eigenvalue weighted by Crippen LogP contribution is 2.21. The van der Waals surface area contributed by atoms with E-state index in [9.17, 15) is 4.79 Å². The smallest absolute Gasteiger partial charge is 0.320 e. The zero-order valence-corrected chi connectivity index (χ0v) is 11.5. The van der Waals surface area contributed by atoms with Gasteiger partial charge >= 0.3 is 6.03 Å². The number of hydrogen-bond donors (Lipinski definition) is 3. The van der Waals surface area contributed by atoms with Gasteiger partial charge in [-0.3, -0.25) is 10.00 Å². The van der Waals surface area contributed by atoms with E-state index >= 15 is 0 Å². The molecule has 1 aromatic carbocycles. The van der Waals surface area contributed by atoms with Gasteiger partial charge in [-0.25, -0.2) is 4.79 Å². The SMILES string of the molecule is CC(O)CNC(=O)Nc1cc(-c2ccccc2)n(C)n1. The molecule has 0 spiro atoms. The molecule has 0 radical (unpaired) electrons. The number of urea groups is 1. The van der Waals surface area contributed by atoms with E-state index in [-0.39, 0.29) is 12.6 Å². The zero-order valence-electron chi connectivity index (χ0n) is 11.5. The third kappa shape index (κ3) is 3.58. The lowest BCUT2D eigenvalue weighted by molar-refractivity contribution is 0.190. The molecular formula is C14H18N4O2. The minimum absolute atomic E-state index is 0.199. The van der Waals surface area contributed by atoms with Gasteiger partial charge in [0, 0.05) is 19.7 Å². The quantitative estimate of drug-likeness (QED) is 0.792. The second kappa shape index (κ2) is 6.21. The van der Waals surface area contributed by atoms with Crippen molar-refractivity contribution in [1.29, 1.82) is 0 Å². The summed E-state index contributed by atoms with van der Waals surface area (Å²) in [6.07, 6.45) is -0.579. The van der Waals surface area contributed by atoms with Gasteiger partial charge in [0.1, 0.15) is 0 Å². The summed E-state index contributed by atoms with van der Waals surface area (Å²) in [5.74, 6) is 0.467. The number of carbonyl (C=O) groups is 1. The van der Waals surface area contributed by atoms with Gasteiger partial charge in [-0.15, -0.1) is 0 Å². The maximum absolute atomic E-state index is 11.6. The molecule has 2 rings (SSSR count). The normalized spacial score (nSPS) is 11.9. The van der Waals surface area contributed by atoms with Crippen molar-refractivity contribution >= 4 is 11.8 Å². The summed E-state index contributed by atoms with van der Waals surface area (Å²) in [6.45, 7) is 1.80. The maximum Gasteiger partial charge on any atom is 0.320 e. The van der Waals surface area contributed by atoms with Crippen LogP contribution in [0.1, 0.15) is 6.92 Å². The first kappa shape index (κ1) is 14.1. The molecule has 0 aliphatic rings. The van der Waals surface area contributed by atoms with Crippen molar-refractivity contribution in [3.63, 3.8) is 0 Å². The highest BCUT2D eigenvalue weighted by Gasteiger charge is 2.09. The van der Waals surface area contributed by atoms with Crippen molar-refractivity contribution in [2.24, 2.45) is 7.05 Å². The van der Waals surface area contributed by atoms with Crippen LogP contribution in [0.4, 0.5) is 10.6 Å². The Bertz CT molecular complexity index is 578. The van der Waals surface area contributed by atoms with Crippen LogP contribution in [0.5, 0.6) is 0 Å². The second-order valence-corrected chi connectivity index (χ2v) is 4.59. The van der Waals surface area contributed by atoms with Crippen LogP contribution in [-0.2, 0) is 7.05 Å². The summed E-state index contributed by atoms with van der Waals surface area (Å²) >= 11 is 0. The van der Waals surface area contributed by atoms with E-state index in [1.54, 1.807) is 17.7 Å². The van der Waals surface area contributed by atoms with Crippen LogP contribution in [-0.4, -0.2) is 33.6 Å². The van der Waals surface area contributed by atoms with Crippen molar-refractivity contribution in [1.82, 2.24) is 15.1 Å². The van der Waals surface area contributed by atoms with Crippen LogP contribution in [0.25, 0.3) is 11.3 Å². The molecule has 6 heteroatoms. The summed E-state index contributed by atoms with van der Waals surface area (Å²) in [4.78, 5) is 11.6. The fraction of sp³-hybridized carbons (Fsp3) is 0.286. The molecule has 3 N–H and O–H groups in total. The maximum atomic E-state index is 11.6. The molecule has 1 heterocycles. The Morgan fingerprint density at radius 2 is 2.10 bits per heavy atom. The number of nitrogens with zero attached hydrogens (tertiary/aromatic N) is 2. The third-order valence-corrected chi connectivity index (χ3v) is 2.75. The summed E-state index contributed by atoms with van der Waals surface area (Å²) < 4.78 is 1.71. The van der Waals surface area contributed by atoms with Crippen molar-refractivity contribution in [2.75, 3.05) is 11.9 Å². The molecule has 106 valence electrons. The van der Waals surface area contributed by atoms with E-state index < -0.39 is 6.10 Å². The number of benzene rings is 1. The summed E-state index contributed by atoms with van der Waals surface area (Å²) in [6, 6.07) is 11.2. The minimum atomic E-state index is -0.579. The van der Waals surface area contributed by atoms with Crippen molar-refractivity contribution in [3.05, 3.63) is 36.4 Å². The Kier molecular flexibility index (Phi) is 4.37. The number of anilines is 1. The first-order valence-electron chi connectivity index (χ1n) is 6.38. The first-order chi connectivity index (χ1) is 9.56. The molecule has 0 fully saturated rings. The number of aliphatic hydroxyl groups is 1. The van der Waals surface area contributed by atoms with Gasteiger partial charge < -0.3 is 10.4 Å². The highest BCUT2D eigenvalue weighted by atomic mass is 16.3. The summed E-state index contributed by atoms with van der Waals surface area (Å²) in [7, 11) is 1.82. The molecule has 0 saturated heterocycles. The van der Waals surface area contributed by atoms with Crippen LogP contribution in [0.3, 0.4) is 0 Å². The van der Waals surface area contributed by atoms with Crippen LogP contribution in [0.15, 0.2) is 36.4 Å². The number of hydrogen-bond acceptors (Lipinski definition) is 3. The van der Waals surface area contributed by atoms with Gasteiger partial charge in [-0.2, -0.15) is 5.10 Å².